The number of hydrogen-bond donors (Lipinski definition) is 1. The highest BCUT2D eigenvalue weighted by Gasteiger charge is 2.40. The van der Waals surface area contributed by atoms with Crippen molar-refractivity contribution in [2.24, 2.45) is 0 Å². The van der Waals surface area contributed by atoms with E-state index in [2.05, 4.69) is 5.32 Å². The van der Waals surface area contributed by atoms with Gasteiger partial charge in [-0.1, -0.05) is 12.1 Å². The molecule has 2 aromatic carbocycles. The van der Waals surface area contributed by atoms with Crippen molar-refractivity contribution in [3.8, 4) is 0 Å². The lowest BCUT2D eigenvalue weighted by Crippen LogP contribution is -2.43. The van der Waals surface area contributed by atoms with Gasteiger partial charge in [0, 0.05) is 30.9 Å². The van der Waals surface area contributed by atoms with Crippen LogP contribution in [0.3, 0.4) is 0 Å². The number of amides is 2. The van der Waals surface area contributed by atoms with Crippen LogP contribution in [0.1, 0.15) is 37.8 Å². The molecule has 0 bridgehead atoms. The van der Waals surface area contributed by atoms with Crippen molar-refractivity contribution in [2.75, 3.05) is 16.8 Å². The third-order valence-corrected chi connectivity index (χ3v) is 7.91. The smallest absolute Gasteiger partial charge is 0.243 e. The molecule has 2 atom stereocenters. The molecule has 1 saturated heterocycles. The van der Waals surface area contributed by atoms with Crippen LogP contribution in [0.25, 0.3) is 0 Å². The Hall–Kier alpha value is -2.71. The van der Waals surface area contributed by atoms with Crippen LogP contribution < -0.4 is 10.2 Å². The van der Waals surface area contributed by atoms with Crippen LogP contribution in [0, 0.1) is 6.92 Å². The second kappa shape index (κ2) is 8.09. The van der Waals surface area contributed by atoms with Gasteiger partial charge >= 0.3 is 0 Å². The highest BCUT2D eigenvalue weighted by atomic mass is 32.2. The van der Waals surface area contributed by atoms with Crippen LogP contribution in [-0.2, 0) is 26.0 Å². The van der Waals surface area contributed by atoms with Crippen LogP contribution in [0.2, 0.25) is 0 Å². The summed E-state index contributed by atoms with van der Waals surface area (Å²) >= 11 is 0. The van der Waals surface area contributed by atoms with Gasteiger partial charge in [0.25, 0.3) is 0 Å². The molecule has 0 saturated carbocycles. The summed E-state index contributed by atoms with van der Waals surface area (Å²) in [7, 11) is -3.84. The summed E-state index contributed by atoms with van der Waals surface area (Å²) in [6, 6.07) is 11.6. The molecule has 8 heteroatoms. The van der Waals surface area contributed by atoms with Crippen LogP contribution in [-0.4, -0.2) is 43.2 Å². The standard InChI is InChI=1S/C23H27N3O4S/c1-15-6-4-7-19(12-15)24-23(28)22-8-5-11-25(22)31(29,30)20-9-10-21-18(14-20)13-16(2)26(21)17(3)27/h4,6-7,9-10,12,14,16,22H,5,8,11,13H2,1-3H3,(H,24,28)/t16-,22-/m0/s1. The highest BCUT2D eigenvalue weighted by molar-refractivity contribution is 7.89. The minimum Gasteiger partial charge on any atom is -0.325 e. The Balaban J connectivity index is 1.59. The number of aryl methyl sites for hydroxylation is 1. The lowest BCUT2D eigenvalue weighted by molar-refractivity contribution is -0.119. The maximum absolute atomic E-state index is 13.4. The minimum atomic E-state index is -3.84. The second-order valence-electron chi connectivity index (χ2n) is 8.37. The van der Waals surface area contributed by atoms with Gasteiger partial charge < -0.3 is 10.2 Å². The molecule has 2 aliphatic heterocycles. The van der Waals surface area contributed by atoms with E-state index in [1.54, 1.807) is 23.1 Å². The SMILES string of the molecule is CC(=O)N1c2ccc(S(=O)(=O)N3CCC[C@H]3C(=O)Nc3cccc(C)c3)cc2C[C@@H]1C. The van der Waals surface area contributed by atoms with Gasteiger partial charge in [0.15, 0.2) is 0 Å². The van der Waals surface area contributed by atoms with Crippen molar-refractivity contribution in [2.45, 2.75) is 57.0 Å². The van der Waals surface area contributed by atoms with E-state index in [-0.39, 0.29) is 22.8 Å². The predicted molar refractivity (Wildman–Crippen MR) is 119 cm³/mol. The summed E-state index contributed by atoms with van der Waals surface area (Å²) in [5.74, 6) is -0.376. The number of nitrogens with one attached hydrogen (secondary N) is 1. The molecule has 2 aliphatic rings. The van der Waals surface area contributed by atoms with Crippen LogP contribution in [0.15, 0.2) is 47.4 Å². The summed E-state index contributed by atoms with van der Waals surface area (Å²) in [6.45, 7) is 5.70. The number of carbonyl (C=O) groups excluding carboxylic acids is 2. The van der Waals surface area contributed by atoms with Gasteiger partial charge in [0.2, 0.25) is 21.8 Å². The number of hydrogen-bond acceptors (Lipinski definition) is 4. The molecule has 0 aromatic heterocycles. The molecule has 0 radical (unpaired) electrons. The largest absolute Gasteiger partial charge is 0.325 e. The average Bonchev–Trinajstić information content (AvgIpc) is 3.31. The third-order valence-electron chi connectivity index (χ3n) is 6.00. The first-order valence-corrected chi connectivity index (χ1v) is 11.9. The summed E-state index contributed by atoms with van der Waals surface area (Å²) < 4.78 is 28.1. The van der Waals surface area contributed by atoms with E-state index in [1.165, 1.54) is 17.3 Å². The molecule has 2 aromatic rings. The first kappa shape index (κ1) is 21.5. The molecule has 0 spiro atoms. The summed E-state index contributed by atoms with van der Waals surface area (Å²) in [6.07, 6.45) is 1.72. The topological polar surface area (TPSA) is 86.8 Å². The number of fused-ring (bicyclic) bond motifs is 1. The van der Waals surface area contributed by atoms with E-state index >= 15 is 0 Å². The number of benzene rings is 2. The Labute approximate surface area is 183 Å². The molecule has 4 rings (SSSR count). The Kier molecular flexibility index (Phi) is 5.61. The molecule has 31 heavy (non-hydrogen) atoms. The Bertz CT molecular complexity index is 1150. The van der Waals surface area contributed by atoms with Gasteiger partial charge in [-0.3, -0.25) is 9.59 Å². The Morgan fingerprint density at radius 2 is 1.90 bits per heavy atom. The second-order valence-corrected chi connectivity index (χ2v) is 10.3. The summed E-state index contributed by atoms with van der Waals surface area (Å²) in [5, 5.41) is 2.85. The van der Waals surface area contributed by atoms with Gasteiger partial charge in [0.1, 0.15) is 6.04 Å². The lowest BCUT2D eigenvalue weighted by atomic mass is 10.1. The van der Waals surface area contributed by atoms with Gasteiger partial charge in [-0.25, -0.2) is 8.42 Å². The van der Waals surface area contributed by atoms with Crippen LogP contribution in [0.5, 0.6) is 0 Å². The lowest BCUT2D eigenvalue weighted by Gasteiger charge is -2.24. The molecule has 7 nitrogen and oxygen atoms in total. The van der Waals surface area contributed by atoms with Crippen LogP contribution in [0.4, 0.5) is 11.4 Å². The van der Waals surface area contributed by atoms with E-state index in [0.29, 0.717) is 31.5 Å². The maximum atomic E-state index is 13.4. The minimum absolute atomic E-state index is 0.00917. The van der Waals surface area contributed by atoms with E-state index in [1.807, 2.05) is 32.0 Å². The first-order valence-electron chi connectivity index (χ1n) is 10.5. The zero-order valence-corrected chi connectivity index (χ0v) is 18.8. The van der Waals surface area contributed by atoms with Crippen molar-refractivity contribution < 1.29 is 18.0 Å². The first-order chi connectivity index (χ1) is 14.7. The molecular formula is C23H27N3O4S. The molecular weight excluding hydrogens is 414 g/mol. The maximum Gasteiger partial charge on any atom is 0.243 e. The molecule has 1 N–H and O–H groups in total. The molecule has 0 unspecified atom stereocenters. The molecule has 0 aliphatic carbocycles. The van der Waals surface area contributed by atoms with Gasteiger partial charge in [-0.2, -0.15) is 4.31 Å². The molecule has 2 amide bonds. The Morgan fingerprint density at radius 1 is 1.13 bits per heavy atom. The molecule has 2 heterocycles. The molecule has 164 valence electrons. The number of rotatable bonds is 4. The van der Waals surface area contributed by atoms with E-state index in [4.69, 9.17) is 0 Å². The predicted octanol–water partition coefficient (Wildman–Crippen LogP) is 3.08. The average molecular weight is 442 g/mol. The van der Waals surface area contributed by atoms with E-state index in [9.17, 15) is 18.0 Å². The fraction of sp³-hybridized carbons (Fsp3) is 0.391. The number of nitrogens with zero attached hydrogens (tertiary/aromatic N) is 2. The van der Waals surface area contributed by atoms with Gasteiger partial charge in [0.05, 0.1) is 4.90 Å². The zero-order valence-electron chi connectivity index (χ0n) is 18.0. The monoisotopic (exact) mass is 441 g/mol. The normalized spacial score (nSPS) is 21.2. The van der Waals surface area contributed by atoms with Crippen molar-refractivity contribution >= 4 is 33.2 Å². The number of carbonyl (C=O) groups is 2. The zero-order chi connectivity index (χ0) is 22.3. The Morgan fingerprint density at radius 3 is 2.61 bits per heavy atom. The van der Waals surface area contributed by atoms with Crippen molar-refractivity contribution in [3.63, 3.8) is 0 Å². The highest BCUT2D eigenvalue weighted by Crippen LogP contribution is 2.35. The fourth-order valence-corrected chi connectivity index (χ4v) is 6.33. The third kappa shape index (κ3) is 3.97. The van der Waals surface area contributed by atoms with E-state index in [0.717, 1.165) is 16.8 Å². The number of sulfonamides is 1. The molecule has 1 fully saturated rings. The van der Waals surface area contributed by atoms with Crippen molar-refractivity contribution in [1.82, 2.24) is 4.31 Å². The van der Waals surface area contributed by atoms with Gasteiger partial charge in [-0.15, -0.1) is 0 Å². The number of anilines is 2. The summed E-state index contributed by atoms with van der Waals surface area (Å²) in [4.78, 5) is 26.7. The quantitative estimate of drug-likeness (QED) is 0.790. The van der Waals surface area contributed by atoms with Crippen LogP contribution >= 0.6 is 0 Å². The fourth-order valence-electron chi connectivity index (χ4n) is 4.62. The van der Waals surface area contributed by atoms with Crippen molar-refractivity contribution in [3.05, 3.63) is 53.6 Å². The van der Waals surface area contributed by atoms with Gasteiger partial charge in [-0.05, 0) is 74.6 Å². The van der Waals surface area contributed by atoms with Crippen molar-refractivity contribution in [1.29, 1.82) is 0 Å². The van der Waals surface area contributed by atoms with E-state index < -0.39 is 16.1 Å². The summed E-state index contributed by atoms with van der Waals surface area (Å²) in [5.41, 5.74) is 3.27.